The van der Waals surface area contributed by atoms with Gasteiger partial charge in [0.2, 0.25) is 5.95 Å². The maximum atomic E-state index is 12.3. The number of para-hydroxylation sites is 1. The summed E-state index contributed by atoms with van der Waals surface area (Å²) >= 11 is 5.94. The van der Waals surface area contributed by atoms with Gasteiger partial charge >= 0.3 is 7.82 Å². The number of aliphatic hydroxyl groups excluding tert-OH is 1. The number of rotatable bonds is 7. The molecule has 1 aromatic carbocycles. The molecule has 0 radical (unpaired) electrons. The molecule has 2 aliphatic rings. The van der Waals surface area contributed by atoms with Crippen LogP contribution >= 0.6 is 19.4 Å². The minimum absolute atomic E-state index is 0.00476. The van der Waals surface area contributed by atoms with Crippen LogP contribution in [0.5, 0.6) is 5.75 Å². The third kappa shape index (κ3) is 3.99. The number of nitrogens with two attached hydrogens (primary N) is 1. The molecule has 1 aliphatic carbocycles. The van der Waals surface area contributed by atoms with E-state index in [0.717, 1.165) is 0 Å². The van der Waals surface area contributed by atoms with E-state index in [9.17, 15) is 19.4 Å². The molecule has 0 bridgehead atoms. The van der Waals surface area contributed by atoms with E-state index in [4.69, 9.17) is 26.4 Å². The number of nitrogens with one attached hydrogen (secondary N) is 2. The van der Waals surface area contributed by atoms with Crippen molar-refractivity contribution in [3.05, 3.63) is 39.6 Å². The highest BCUT2D eigenvalue weighted by atomic mass is 35.5. The van der Waals surface area contributed by atoms with Crippen molar-refractivity contribution in [1.29, 1.82) is 0 Å². The number of phosphoric ester groups is 1. The highest BCUT2D eigenvalue weighted by molar-refractivity contribution is 7.47. The van der Waals surface area contributed by atoms with Gasteiger partial charge in [-0.1, -0.05) is 23.7 Å². The Morgan fingerprint density at radius 2 is 2.17 bits per heavy atom. The van der Waals surface area contributed by atoms with Gasteiger partial charge in [0, 0.05) is 18.6 Å². The van der Waals surface area contributed by atoms with Crippen LogP contribution in [0.15, 0.2) is 29.1 Å². The standard InChI is InChI=1S/C17H21ClN5O6P/c18-11-3-1-2-4-13(11)29-30(26,27)28-7-9-5-12(10(9)6-24)23-8-20-14-15(23)21-17(19)22-16(14)25/h1-4,9-10,12,20,24H,5-8H2,(H,26,27)(H3,19,21,22,25)/t9-,10-,12-/m1/s1. The molecule has 6 N–H and O–H groups in total. The predicted octanol–water partition coefficient (Wildman–Crippen LogP) is 1.39. The number of aliphatic hydroxyl groups is 1. The molecule has 0 saturated heterocycles. The minimum atomic E-state index is -4.39. The monoisotopic (exact) mass is 457 g/mol. The van der Waals surface area contributed by atoms with Crippen molar-refractivity contribution in [2.24, 2.45) is 11.8 Å². The number of H-pyrrole nitrogens is 1. The number of nitrogens with zero attached hydrogens (tertiary/aromatic N) is 2. The third-order valence-electron chi connectivity index (χ3n) is 5.37. The Bertz CT molecular complexity index is 1050. The number of aromatic nitrogens is 2. The van der Waals surface area contributed by atoms with Crippen LogP contribution in [0.1, 0.15) is 6.42 Å². The van der Waals surface area contributed by atoms with E-state index in [0.29, 0.717) is 24.6 Å². The lowest BCUT2D eigenvalue weighted by Gasteiger charge is -2.48. The summed E-state index contributed by atoms with van der Waals surface area (Å²) in [5.74, 6) is 0.0435. The number of hydrogen-bond acceptors (Lipinski definition) is 9. The Balaban J connectivity index is 1.39. The SMILES string of the molecule is Nc1nc2c(c(=O)[nH]1)NCN2[C@@H]1C[C@H](COP(=O)(O)Oc2ccccc2Cl)[C@H]1CO. The second kappa shape index (κ2) is 8.09. The van der Waals surface area contributed by atoms with Crippen molar-refractivity contribution < 1.29 is 23.6 Å². The molecule has 0 spiro atoms. The number of hydrogen-bond donors (Lipinski definition) is 5. The Kier molecular flexibility index (Phi) is 5.65. The summed E-state index contributed by atoms with van der Waals surface area (Å²) in [6, 6.07) is 6.15. The molecule has 1 fully saturated rings. The molecule has 13 heteroatoms. The van der Waals surface area contributed by atoms with Crippen LogP contribution < -0.4 is 26.0 Å². The summed E-state index contributed by atoms with van der Waals surface area (Å²) in [6.07, 6.45) is 0.562. The normalized spacial score (nSPS) is 24.5. The first kappa shape index (κ1) is 21.0. The van der Waals surface area contributed by atoms with Crippen LogP contribution in [-0.4, -0.2) is 45.9 Å². The Hall–Kier alpha value is -2.30. The zero-order valence-electron chi connectivity index (χ0n) is 15.7. The number of halogens is 1. The van der Waals surface area contributed by atoms with Crippen molar-refractivity contribution in [2.75, 3.05) is 35.8 Å². The lowest BCUT2D eigenvalue weighted by molar-refractivity contribution is 0.0217. The van der Waals surface area contributed by atoms with Crippen LogP contribution in [0.2, 0.25) is 5.02 Å². The third-order valence-corrected chi connectivity index (χ3v) is 6.59. The van der Waals surface area contributed by atoms with Crippen LogP contribution in [-0.2, 0) is 9.09 Å². The molecule has 2 aromatic rings. The Labute approximate surface area is 176 Å². The van der Waals surface area contributed by atoms with Crippen molar-refractivity contribution in [3.8, 4) is 5.75 Å². The lowest BCUT2D eigenvalue weighted by Crippen LogP contribution is -2.55. The summed E-state index contributed by atoms with van der Waals surface area (Å²) in [7, 11) is -4.39. The van der Waals surface area contributed by atoms with Gasteiger partial charge < -0.3 is 25.6 Å². The maximum absolute atomic E-state index is 12.3. The van der Waals surface area contributed by atoms with Gasteiger partial charge in [0.15, 0.2) is 5.82 Å². The molecule has 0 amide bonds. The summed E-state index contributed by atoms with van der Waals surface area (Å²) in [5, 5.41) is 13.0. The molecule has 2 heterocycles. The van der Waals surface area contributed by atoms with Crippen molar-refractivity contribution in [1.82, 2.24) is 9.97 Å². The van der Waals surface area contributed by atoms with Crippen LogP contribution in [0, 0.1) is 11.8 Å². The molecule has 4 rings (SSSR count). The predicted molar refractivity (Wildman–Crippen MR) is 111 cm³/mol. The maximum Gasteiger partial charge on any atom is 0.527 e. The topological polar surface area (TPSA) is 163 Å². The molecule has 11 nitrogen and oxygen atoms in total. The summed E-state index contributed by atoms with van der Waals surface area (Å²) < 4.78 is 22.4. The fraction of sp³-hybridized carbons (Fsp3) is 0.412. The van der Waals surface area contributed by atoms with E-state index in [1.807, 2.05) is 4.90 Å². The van der Waals surface area contributed by atoms with Gasteiger partial charge in [0.25, 0.3) is 5.56 Å². The molecule has 1 unspecified atom stereocenters. The highest BCUT2D eigenvalue weighted by Gasteiger charge is 2.47. The number of benzene rings is 1. The average molecular weight is 458 g/mol. The molecule has 4 atom stereocenters. The summed E-state index contributed by atoms with van der Waals surface area (Å²) in [5.41, 5.74) is 5.61. The number of nitrogen functional groups attached to an aromatic ring is 1. The average Bonchev–Trinajstić information content (AvgIpc) is 3.06. The largest absolute Gasteiger partial charge is 0.527 e. The number of anilines is 3. The number of fused-ring (bicyclic) bond motifs is 1. The van der Waals surface area contributed by atoms with Gasteiger partial charge in [-0.25, -0.2) is 4.57 Å². The van der Waals surface area contributed by atoms with Gasteiger partial charge in [-0.05, 0) is 24.5 Å². The molecular weight excluding hydrogens is 437 g/mol. The molecule has 1 aromatic heterocycles. The zero-order valence-corrected chi connectivity index (χ0v) is 17.3. The molecular formula is C17H21ClN5O6P. The van der Waals surface area contributed by atoms with Gasteiger partial charge in [-0.15, -0.1) is 0 Å². The van der Waals surface area contributed by atoms with E-state index in [1.54, 1.807) is 12.1 Å². The summed E-state index contributed by atoms with van der Waals surface area (Å²) in [4.78, 5) is 30.5. The molecule has 30 heavy (non-hydrogen) atoms. The van der Waals surface area contributed by atoms with Gasteiger partial charge in [-0.2, -0.15) is 4.98 Å². The van der Waals surface area contributed by atoms with E-state index in [-0.39, 0.29) is 53.4 Å². The van der Waals surface area contributed by atoms with Crippen LogP contribution in [0.4, 0.5) is 17.5 Å². The fourth-order valence-electron chi connectivity index (χ4n) is 3.82. The van der Waals surface area contributed by atoms with E-state index < -0.39 is 7.82 Å². The van der Waals surface area contributed by atoms with Crippen molar-refractivity contribution in [3.63, 3.8) is 0 Å². The first-order chi connectivity index (χ1) is 14.3. The van der Waals surface area contributed by atoms with Crippen LogP contribution in [0.3, 0.4) is 0 Å². The molecule has 1 aliphatic heterocycles. The zero-order chi connectivity index (χ0) is 21.5. The first-order valence-electron chi connectivity index (χ1n) is 9.21. The first-order valence-corrected chi connectivity index (χ1v) is 11.1. The van der Waals surface area contributed by atoms with Gasteiger partial charge in [0.1, 0.15) is 11.4 Å². The quantitative estimate of drug-likeness (QED) is 0.384. The second-order valence-corrected chi connectivity index (χ2v) is 8.94. The fourth-order valence-corrected chi connectivity index (χ4v) is 4.89. The lowest BCUT2D eigenvalue weighted by atomic mass is 9.69. The Morgan fingerprint density at radius 1 is 1.40 bits per heavy atom. The van der Waals surface area contributed by atoms with E-state index in [2.05, 4.69) is 15.3 Å². The smallest absolute Gasteiger partial charge is 0.403 e. The van der Waals surface area contributed by atoms with E-state index in [1.165, 1.54) is 12.1 Å². The highest BCUT2D eigenvalue weighted by Crippen LogP contribution is 2.49. The van der Waals surface area contributed by atoms with Crippen molar-refractivity contribution >= 4 is 36.9 Å². The Morgan fingerprint density at radius 3 is 2.90 bits per heavy atom. The minimum Gasteiger partial charge on any atom is -0.403 e. The molecule has 162 valence electrons. The number of phosphoric acid groups is 1. The van der Waals surface area contributed by atoms with E-state index >= 15 is 0 Å². The van der Waals surface area contributed by atoms with Crippen molar-refractivity contribution in [2.45, 2.75) is 12.5 Å². The number of aromatic amines is 1. The van der Waals surface area contributed by atoms with Gasteiger partial charge in [0.05, 0.1) is 18.3 Å². The van der Waals surface area contributed by atoms with Crippen LogP contribution in [0.25, 0.3) is 0 Å². The van der Waals surface area contributed by atoms with Gasteiger partial charge in [-0.3, -0.25) is 19.2 Å². The summed E-state index contributed by atoms with van der Waals surface area (Å²) in [6.45, 7) is 0.0983. The molecule has 1 saturated carbocycles. The second-order valence-electron chi connectivity index (χ2n) is 7.15.